The van der Waals surface area contributed by atoms with Gasteiger partial charge in [0.05, 0.1) is 18.9 Å². The number of anilines is 1. The van der Waals surface area contributed by atoms with Crippen LogP contribution in [0.5, 0.6) is 11.5 Å². The third-order valence-corrected chi connectivity index (χ3v) is 4.41. The van der Waals surface area contributed by atoms with E-state index in [2.05, 4.69) is 0 Å². The van der Waals surface area contributed by atoms with Crippen LogP contribution < -0.4 is 14.4 Å². The third-order valence-electron chi connectivity index (χ3n) is 4.41. The van der Waals surface area contributed by atoms with Gasteiger partial charge in [-0.15, -0.1) is 0 Å². The van der Waals surface area contributed by atoms with Gasteiger partial charge in [0, 0.05) is 18.3 Å². The van der Waals surface area contributed by atoms with Crippen molar-refractivity contribution in [3.63, 3.8) is 0 Å². The molecule has 7 heteroatoms. The molecule has 0 bridgehead atoms. The average molecular weight is 394 g/mol. The van der Waals surface area contributed by atoms with E-state index < -0.39 is 18.5 Å². The summed E-state index contributed by atoms with van der Waals surface area (Å²) in [6.45, 7) is 2.66. The first-order valence-electron chi connectivity index (χ1n) is 9.35. The highest BCUT2D eigenvalue weighted by molar-refractivity contribution is 5.95. The van der Waals surface area contributed by atoms with Crippen LogP contribution in [0.2, 0.25) is 0 Å². The summed E-state index contributed by atoms with van der Waals surface area (Å²) in [7, 11) is 0. The van der Waals surface area contributed by atoms with Crippen LogP contribution >= 0.6 is 0 Å². The standard InChI is InChI=1S/C22H22N2O5/c1-16-3-5-17(6-4-16)13-22(26)29-15-21(25)24(10-2-9-23)18-7-8-19-20(14-18)28-12-11-27-19/h3-8,14H,2,10-13,15H2,1H3. The minimum absolute atomic E-state index is 0.0930. The molecule has 3 rings (SSSR count). The second kappa shape index (κ2) is 9.60. The minimum atomic E-state index is -0.482. The monoisotopic (exact) mass is 394 g/mol. The molecule has 1 aliphatic heterocycles. The highest BCUT2D eigenvalue weighted by Gasteiger charge is 2.20. The van der Waals surface area contributed by atoms with Crippen molar-refractivity contribution in [2.75, 3.05) is 31.3 Å². The fourth-order valence-electron chi connectivity index (χ4n) is 2.90. The third kappa shape index (κ3) is 5.48. The van der Waals surface area contributed by atoms with Gasteiger partial charge < -0.3 is 19.1 Å². The van der Waals surface area contributed by atoms with Gasteiger partial charge in [0.15, 0.2) is 18.1 Å². The zero-order valence-electron chi connectivity index (χ0n) is 16.2. The molecule has 0 spiro atoms. The molecule has 0 unspecified atom stereocenters. The Morgan fingerprint density at radius 1 is 1.10 bits per heavy atom. The number of carbonyl (C=O) groups excluding carboxylic acids is 2. The lowest BCUT2D eigenvalue weighted by Crippen LogP contribution is -2.35. The van der Waals surface area contributed by atoms with Crippen molar-refractivity contribution in [1.82, 2.24) is 0 Å². The number of amides is 1. The number of fused-ring (bicyclic) bond motifs is 1. The van der Waals surface area contributed by atoms with Crippen LogP contribution in [0.1, 0.15) is 17.5 Å². The van der Waals surface area contributed by atoms with E-state index in [4.69, 9.17) is 19.5 Å². The molecular formula is C22H22N2O5. The van der Waals surface area contributed by atoms with Crippen LogP contribution in [0.3, 0.4) is 0 Å². The van der Waals surface area contributed by atoms with E-state index in [1.54, 1.807) is 18.2 Å². The molecule has 1 heterocycles. The molecule has 0 atom stereocenters. The maximum absolute atomic E-state index is 12.7. The zero-order chi connectivity index (χ0) is 20.6. The lowest BCUT2D eigenvalue weighted by molar-refractivity contribution is -0.147. The predicted molar refractivity (Wildman–Crippen MR) is 106 cm³/mol. The molecule has 0 aromatic heterocycles. The molecule has 1 aliphatic rings. The number of carbonyl (C=O) groups is 2. The molecule has 29 heavy (non-hydrogen) atoms. The van der Waals surface area contributed by atoms with E-state index in [-0.39, 0.29) is 19.4 Å². The Morgan fingerprint density at radius 2 is 1.83 bits per heavy atom. The zero-order valence-corrected chi connectivity index (χ0v) is 16.2. The Balaban J connectivity index is 1.63. The van der Waals surface area contributed by atoms with Crippen LogP contribution in [0, 0.1) is 18.3 Å². The van der Waals surface area contributed by atoms with E-state index in [9.17, 15) is 9.59 Å². The molecule has 0 fully saturated rings. The lowest BCUT2D eigenvalue weighted by Gasteiger charge is -2.24. The topological polar surface area (TPSA) is 88.9 Å². The summed E-state index contributed by atoms with van der Waals surface area (Å²) in [6, 6.07) is 14.7. The average Bonchev–Trinajstić information content (AvgIpc) is 2.74. The number of hydrogen-bond acceptors (Lipinski definition) is 6. The normalized spacial score (nSPS) is 12.0. The van der Waals surface area contributed by atoms with Crippen molar-refractivity contribution in [3.8, 4) is 17.6 Å². The summed E-state index contributed by atoms with van der Waals surface area (Å²) in [5, 5.41) is 8.92. The van der Waals surface area contributed by atoms with Crippen molar-refractivity contribution >= 4 is 17.6 Å². The van der Waals surface area contributed by atoms with E-state index in [0.717, 1.165) is 11.1 Å². The largest absolute Gasteiger partial charge is 0.486 e. The Morgan fingerprint density at radius 3 is 2.55 bits per heavy atom. The van der Waals surface area contributed by atoms with Crippen LogP contribution in [-0.4, -0.2) is 38.2 Å². The number of aryl methyl sites for hydroxylation is 1. The lowest BCUT2D eigenvalue weighted by atomic mass is 10.1. The van der Waals surface area contributed by atoms with Gasteiger partial charge in [-0.2, -0.15) is 5.26 Å². The molecule has 0 saturated carbocycles. The molecule has 2 aromatic rings. The van der Waals surface area contributed by atoms with Gasteiger partial charge in [-0.1, -0.05) is 29.8 Å². The summed E-state index contributed by atoms with van der Waals surface area (Å²) in [6.07, 6.45) is 0.243. The number of nitrogens with zero attached hydrogens (tertiary/aromatic N) is 2. The second-order valence-electron chi connectivity index (χ2n) is 6.60. The van der Waals surface area contributed by atoms with Crippen LogP contribution in [-0.2, 0) is 20.7 Å². The van der Waals surface area contributed by atoms with Crippen LogP contribution in [0.4, 0.5) is 5.69 Å². The first-order chi connectivity index (χ1) is 14.1. The van der Waals surface area contributed by atoms with Crippen molar-refractivity contribution in [3.05, 3.63) is 53.6 Å². The first-order valence-corrected chi connectivity index (χ1v) is 9.35. The van der Waals surface area contributed by atoms with Crippen molar-refractivity contribution in [1.29, 1.82) is 5.26 Å². The van der Waals surface area contributed by atoms with Gasteiger partial charge in [-0.3, -0.25) is 9.59 Å². The smallest absolute Gasteiger partial charge is 0.310 e. The van der Waals surface area contributed by atoms with Gasteiger partial charge >= 0.3 is 5.97 Å². The molecule has 7 nitrogen and oxygen atoms in total. The molecule has 150 valence electrons. The molecule has 2 aromatic carbocycles. The predicted octanol–water partition coefficient (Wildman–Crippen LogP) is 2.80. The van der Waals surface area contributed by atoms with Crippen molar-refractivity contribution in [2.45, 2.75) is 19.8 Å². The van der Waals surface area contributed by atoms with Gasteiger partial charge in [-0.25, -0.2) is 0 Å². The van der Waals surface area contributed by atoms with E-state index in [1.807, 2.05) is 37.3 Å². The quantitative estimate of drug-likeness (QED) is 0.671. The first kappa shape index (κ1) is 20.2. The van der Waals surface area contributed by atoms with Crippen LogP contribution in [0.15, 0.2) is 42.5 Å². The maximum Gasteiger partial charge on any atom is 0.310 e. The number of hydrogen-bond donors (Lipinski definition) is 0. The number of rotatable bonds is 7. The SMILES string of the molecule is Cc1ccc(CC(=O)OCC(=O)N(CCC#N)c2ccc3c(c2)OCCO3)cc1. The second-order valence-corrected chi connectivity index (χ2v) is 6.60. The van der Waals surface area contributed by atoms with Crippen molar-refractivity contribution < 1.29 is 23.8 Å². The summed E-state index contributed by atoms with van der Waals surface area (Å²) in [4.78, 5) is 26.2. The number of esters is 1. The molecule has 0 aliphatic carbocycles. The van der Waals surface area contributed by atoms with Gasteiger partial charge in [0.1, 0.15) is 13.2 Å². The molecule has 0 saturated heterocycles. The van der Waals surface area contributed by atoms with E-state index in [1.165, 1.54) is 4.90 Å². The van der Waals surface area contributed by atoms with E-state index >= 15 is 0 Å². The highest BCUT2D eigenvalue weighted by Crippen LogP contribution is 2.34. The van der Waals surface area contributed by atoms with Crippen molar-refractivity contribution in [2.24, 2.45) is 0 Å². The summed E-state index contributed by atoms with van der Waals surface area (Å²) in [5.41, 5.74) is 2.48. The van der Waals surface area contributed by atoms with E-state index in [0.29, 0.717) is 30.4 Å². The Hall–Kier alpha value is -3.53. The summed E-state index contributed by atoms with van der Waals surface area (Å²) >= 11 is 0. The van der Waals surface area contributed by atoms with Gasteiger partial charge in [-0.05, 0) is 24.6 Å². The highest BCUT2D eigenvalue weighted by atomic mass is 16.6. The summed E-state index contributed by atoms with van der Waals surface area (Å²) in [5.74, 6) is 0.260. The Bertz CT molecular complexity index is 918. The molecule has 0 N–H and O–H groups in total. The number of ether oxygens (including phenoxy) is 3. The molecule has 0 radical (unpaired) electrons. The van der Waals surface area contributed by atoms with Gasteiger partial charge in [0.25, 0.3) is 5.91 Å². The fourth-order valence-corrected chi connectivity index (χ4v) is 2.90. The Kier molecular flexibility index (Phi) is 6.69. The number of nitriles is 1. The minimum Gasteiger partial charge on any atom is -0.486 e. The molecule has 1 amide bonds. The number of benzene rings is 2. The summed E-state index contributed by atoms with van der Waals surface area (Å²) < 4.78 is 16.2. The molecular weight excluding hydrogens is 372 g/mol. The Labute approximate surface area is 169 Å². The van der Waals surface area contributed by atoms with Gasteiger partial charge in [0.2, 0.25) is 0 Å². The fraction of sp³-hybridized carbons (Fsp3) is 0.318. The maximum atomic E-state index is 12.7. The van der Waals surface area contributed by atoms with Crippen LogP contribution in [0.25, 0.3) is 0 Å².